The molecule has 2 aliphatic rings. The summed E-state index contributed by atoms with van der Waals surface area (Å²) in [6, 6.07) is 11.0. The minimum Gasteiger partial charge on any atom is -0.489 e. The summed E-state index contributed by atoms with van der Waals surface area (Å²) in [5.74, 6) is 0.00393. The smallest absolute Gasteiger partial charge is 0.264 e. The van der Waals surface area contributed by atoms with E-state index in [0.717, 1.165) is 55.9 Å². The average molecular weight is 449 g/mol. The van der Waals surface area contributed by atoms with Gasteiger partial charge >= 0.3 is 0 Å². The van der Waals surface area contributed by atoms with Crippen molar-refractivity contribution in [2.24, 2.45) is 0 Å². The summed E-state index contributed by atoms with van der Waals surface area (Å²) in [6.45, 7) is 2.61. The second kappa shape index (κ2) is 9.58. The van der Waals surface area contributed by atoms with E-state index < -0.39 is 11.7 Å². The van der Waals surface area contributed by atoms with Crippen molar-refractivity contribution < 1.29 is 13.9 Å². The van der Waals surface area contributed by atoms with Crippen molar-refractivity contribution in [1.82, 2.24) is 9.62 Å². The molecule has 1 atom stereocenters. The Labute approximate surface area is 186 Å². The van der Waals surface area contributed by atoms with Crippen molar-refractivity contribution in [2.75, 3.05) is 19.3 Å². The van der Waals surface area contributed by atoms with Crippen molar-refractivity contribution in [3.63, 3.8) is 0 Å². The van der Waals surface area contributed by atoms with Crippen LogP contribution in [-0.2, 0) is 6.54 Å². The van der Waals surface area contributed by atoms with Crippen molar-refractivity contribution in [3.8, 4) is 5.75 Å². The zero-order valence-electron chi connectivity index (χ0n) is 17.0. The van der Waals surface area contributed by atoms with Gasteiger partial charge in [-0.25, -0.2) is 4.39 Å². The molecule has 1 N–H and O–H groups in total. The molecule has 0 bridgehead atoms. The lowest BCUT2D eigenvalue weighted by atomic mass is 10.0. The van der Waals surface area contributed by atoms with E-state index in [9.17, 15) is 9.18 Å². The molecule has 1 aliphatic carbocycles. The van der Waals surface area contributed by atoms with Crippen molar-refractivity contribution >= 4 is 29.5 Å². The highest BCUT2D eigenvalue weighted by Gasteiger charge is 2.31. The van der Waals surface area contributed by atoms with Crippen LogP contribution in [0.4, 0.5) is 4.39 Å². The van der Waals surface area contributed by atoms with Crippen molar-refractivity contribution in [3.05, 3.63) is 63.9 Å². The van der Waals surface area contributed by atoms with Crippen LogP contribution < -0.4 is 9.46 Å². The summed E-state index contributed by atoms with van der Waals surface area (Å²) in [5, 5.41) is 0.743. The predicted octanol–water partition coefficient (Wildman–Crippen LogP) is 5.41. The average Bonchev–Trinajstić information content (AvgIpc) is 3.54. The molecule has 0 aromatic heterocycles. The first-order chi connectivity index (χ1) is 14.5. The molecule has 4 rings (SSSR count). The van der Waals surface area contributed by atoms with E-state index in [1.165, 1.54) is 23.6 Å². The molecule has 1 aliphatic heterocycles. The molecular formula is C23H26ClFN2O2S. The summed E-state index contributed by atoms with van der Waals surface area (Å²) in [6.07, 6.45) is 5.81. The van der Waals surface area contributed by atoms with Gasteiger partial charge in [0.15, 0.2) is 0 Å². The van der Waals surface area contributed by atoms with Gasteiger partial charge in [0.2, 0.25) is 0 Å². The number of carbonyl (C=O) groups is 1. The third-order valence-electron chi connectivity index (χ3n) is 5.61. The first-order valence-corrected chi connectivity index (χ1v) is 11.9. The van der Waals surface area contributed by atoms with E-state index in [0.29, 0.717) is 11.7 Å². The summed E-state index contributed by atoms with van der Waals surface area (Å²) in [4.78, 5) is 14.5. The maximum Gasteiger partial charge on any atom is 0.264 e. The van der Waals surface area contributed by atoms with Gasteiger partial charge in [0.1, 0.15) is 17.7 Å². The van der Waals surface area contributed by atoms with Gasteiger partial charge in [0, 0.05) is 30.4 Å². The van der Waals surface area contributed by atoms with Gasteiger partial charge in [-0.2, -0.15) is 0 Å². The Morgan fingerprint density at radius 3 is 2.87 bits per heavy atom. The van der Waals surface area contributed by atoms with Crippen LogP contribution in [0.2, 0.25) is 5.02 Å². The van der Waals surface area contributed by atoms with Gasteiger partial charge in [-0.15, -0.1) is 0 Å². The Kier molecular flexibility index (Phi) is 6.86. The van der Waals surface area contributed by atoms with Crippen LogP contribution in [0.3, 0.4) is 0 Å². The number of ether oxygens (including phenoxy) is 1. The van der Waals surface area contributed by atoms with Gasteiger partial charge < -0.3 is 4.74 Å². The number of carbonyl (C=O) groups excluding carboxylic acids is 1. The van der Waals surface area contributed by atoms with Crippen molar-refractivity contribution in [2.45, 2.75) is 44.2 Å². The molecule has 1 amide bonds. The lowest BCUT2D eigenvalue weighted by molar-refractivity contribution is 0.0832. The summed E-state index contributed by atoms with van der Waals surface area (Å²) >= 11 is 7.28. The Hall–Kier alpha value is -1.76. The molecule has 30 heavy (non-hydrogen) atoms. The van der Waals surface area contributed by atoms with E-state index >= 15 is 0 Å². The zero-order valence-corrected chi connectivity index (χ0v) is 18.6. The third-order valence-corrected chi connectivity index (χ3v) is 6.23. The van der Waals surface area contributed by atoms with Gasteiger partial charge in [-0.1, -0.05) is 35.7 Å². The number of hydrogen-bond acceptors (Lipinski definition) is 4. The highest BCUT2D eigenvalue weighted by Crippen LogP contribution is 2.45. The maximum atomic E-state index is 14.7. The number of nitrogens with zero attached hydrogens (tertiary/aromatic N) is 1. The Morgan fingerprint density at radius 1 is 1.30 bits per heavy atom. The van der Waals surface area contributed by atoms with E-state index in [2.05, 4.69) is 15.7 Å². The number of nitrogens with one attached hydrogen (secondary N) is 1. The molecule has 2 aromatic rings. The number of halogens is 2. The Morgan fingerprint density at radius 2 is 2.13 bits per heavy atom. The summed E-state index contributed by atoms with van der Waals surface area (Å²) in [7, 11) is 0. The van der Waals surface area contributed by atoms with Crippen LogP contribution in [0.1, 0.15) is 53.1 Å². The minimum absolute atomic E-state index is 0.000656. The van der Waals surface area contributed by atoms with Crippen molar-refractivity contribution in [1.29, 1.82) is 0 Å². The molecule has 160 valence electrons. The molecule has 7 heteroatoms. The predicted molar refractivity (Wildman–Crippen MR) is 120 cm³/mol. The molecule has 2 fully saturated rings. The quantitative estimate of drug-likeness (QED) is 0.575. The fourth-order valence-electron chi connectivity index (χ4n) is 4.03. The molecule has 1 unspecified atom stereocenters. The standard InChI is InChI=1S/C23H26ClFN2O2S/c1-30-26-23(28)20-11-19(16-7-8-16)22(12-21(20)25)29-18-6-3-9-27(14-18)13-15-4-2-5-17(24)10-15/h2,4-5,10-12,16,18H,3,6-9,13-14H2,1H3,(H,26,28). The topological polar surface area (TPSA) is 41.6 Å². The number of piperidine rings is 1. The van der Waals surface area contributed by atoms with Crippen LogP contribution in [-0.4, -0.2) is 36.3 Å². The first-order valence-electron chi connectivity index (χ1n) is 10.3. The first kappa shape index (κ1) is 21.5. The molecule has 1 saturated heterocycles. The molecule has 2 aromatic carbocycles. The minimum atomic E-state index is -0.535. The van der Waals surface area contributed by atoms with E-state index in [1.54, 1.807) is 12.3 Å². The fourth-order valence-corrected chi connectivity index (χ4v) is 4.54. The van der Waals surface area contributed by atoms with Crippen LogP contribution in [0.25, 0.3) is 0 Å². The van der Waals surface area contributed by atoms with E-state index in [-0.39, 0.29) is 11.7 Å². The Bertz CT molecular complexity index is 922. The number of likely N-dealkylation sites (tertiary alicyclic amines) is 1. The molecular weight excluding hydrogens is 423 g/mol. The van der Waals surface area contributed by atoms with Crippen LogP contribution >= 0.6 is 23.5 Å². The SMILES string of the molecule is CSNC(=O)c1cc(C2CC2)c(OC2CCCN(Cc3cccc(Cl)c3)C2)cc1F. The van der Waals surface area contributed by atoms with Gasteiger partial charge in [-0.05, 0) is 67.5 Å². The fraction of sp³-hybridized carbons (Fsp3) is 0.435. The van der Waals surface area contributed by atoms with Gasteiger partial charge in [-0.3, -0.25) is 14.4 Å². The third kappa shape index (κ3) is 5.29. The highest BCUT2D eigenvalue weighted by molar-refractivity contribution is 7.97. The van der Waals surface area contributed by atoms with Gasteiger partial charge in [0.25, 0.3) is 5.91 Å². The molecule has 1 saturated carbocycles. The monoisotopic (exact) mass is 448 g/mol. The Balaban J connectivity index is 1.47. The summed E-state index contributed by atoms with van der Waals surface area (Å²) in [5.41, 5.74) is 2.22. The zero-order chi connectivity index (χ0) is 21.1. The van der Waals surface area contributed by atoms with E-state index in [4.69, 9.17) is 16.3 Å². The number of amides is 1. The summed E-state index contributed by atoms with van der Waals surface area (Å²) < 4.78 is 23.6. The second-order valence-electron chi connectivity index (χ2n) is 8.03. The van der Waals surface area contributed by atoms with Crippen LogP contribution in [0.5, 0.6) is 5.75 Å². The lowest BCUT2D eigenvalue weighted by Gasteiger charge is -2.33. The number of benzene rings is 2. The lowest BCUT2D eigenvalue weighted by Crippen LogP contribution is -2.40. The second-order valence-corrected chi connectivity index (χ2v) is 9.08. The van der Waals surface area contributed by atoms with Gasteiger partial charge in [0.05, 0.1) is 5.56 Å². The maximum absolute atomic E-state index is 14.7. The van der Waals surface area contributed by atoms with Crippen LogP contribution in [0.15, 0.2) is 36.4 Å². The molecule has 1 heterocycles. The molecule has 0 radical (unpaired) electrons. The number of hydrogen-bond donors (Lipinski definition) is 1. The normalized spacial score (nSPS) is 19.5. The van der Waals surface area contributed by atoms with E-state index in [1.807, 2.05) is 18.2 Å². The number of rotatable bonds is 7. The molecule has 0 spiro atoms. The highest BCUT2D eigenvalue weighted by atomic mass is 35.5. The van der Waals surface area contributed by atoms with Crippen LogP contribution in [0, 0.1) is 5.82 Å². The molecule has 4 nitrogen and oxygen atoms in total. The largest absolute Gasteiger partial charge is 0.489 e.